The van der Waals surface area contributed by atoms with E-state index in [-0.39, 0.29) is 11.4 Å². The number of H-pyrrole nitrogens is 1. The fraction of sp³-hybridized carbons (Fsp3) is 0.222. The van der Waals surface area contributed by atoms with E-state index >= 15 is 0 Å². The molecule has 1 aliphatic rings. The highest BCUT2D eigenvalue weighted by Crippen LogP contribution is 2.25. The molecular formula is C18H15ClFN3OS. The number of halogens is 2. The van der Waals surface area contributed by atoms with Gasteiger partial charge in [0.15, 0.2) is 5.82 Å². The van der Waals surface area contributed by atoms with Crippen molar-refractivity contribution in [1.82, 2.24) is 14.9 Å². The Morgan fingerprint density at radius 1 is 1.32 bits per heavy atom. The summed E-state index contributed by atoms with van der Waals surface area (Å²) in [7, 11) is 0. The van der Waals surface area contributed by atoms with E-state index in [2.05, 4.69) is 14.9 Å². The number of hydrogen-bond donors (Lipinski definition) is 1. The zero-order valence-electron chi connectivity index (χ0n) is 13.3. The van der Waals surface area contributed by atoms with Gasteiger partial charge in [0.2, 0.25) is 0 Å². The van der Waals surface area contributed by atoms with Crippen molar-refractivity contribution >= 4 is 22.9 Å². The van der Waals surface area contributed by atoms with Crippen molar-refractivity contribution in [3.63, 3.8) is 0 Å². The summed E-state index contributed by atoms with van der Waals surface area (Å²) >= 11 is 7.66. The molecule has 0 amide bonds. The van der Waals surface area contributed by atoms with Gasteiger partial charge >= 0.3 is 0 Å². The highest BCUT2D eigenvalue weighted by atomic mass is 35.5. The summed E-state index contributed by atoms with van der Waals surface area (Å²) in [6, 6.07) is 8.55. The molecule has 0 unspecified atom stereocenters. The summed E-state index contributed by atoms with van der Waals surface area (Å²) < 4.78 is 14.0. The van der Waals surface area contributed by atoms with Gasteiger partial charge in [0.1, 0.15) is 5.82 Å². The average Bonchev–Trinajstić information content (AvgIpc) is 3.12. The summed E-state index contributed by atoms with van der Waals surface area (Å²) in [4.78, 5) is 22.9. The van der Waals surface area contributed by atoms with E-state index in [1.807, 2.05) is 17.5 Å². The Balaban J connectivity index is 1.63. The molecule has 4 rings (SSSR count). The molecule has 0 saturated heterocycles. The van der Waals surface area contributed by atoms with Crippen LogP contribution in [0.25, 0.3) is 10.7 Å². The highest BCUT2D eigenvalue weighted by Gasteiger charge is 2.23. The van der Waals surface area contributed by atoms with Gasteiger partial charge < -0.3 is 4.98 Å². The van der Waals surface area contributed by atoms with Gasteiger partial charge in [-0.15, -0.1) is 11.3 Å². The number of aromatic amines is 1. The number of thiophene rings is 1. The van der Waals surface area contributed by atoms with Gasteiger partial charge in [0.25, 0.3) is 5.56 Å². The minimum absolute atomic E-state index is 0.0861. The predicted molar refractivity (Wildman–Crippen MR) is 97.4 cm³/mol. The van der Waals surface area contributed by atoms with Crippen LogP contribution in [0.3, 0.4) is 0 Å². The van der Waals surface area contributed by atoms with Crippen LogP contribution in [0.4, 0.5) is 4.39 Å². The van der Waals surface area contributed by atoms with Crippen molar-refractivity contribution in [2.75, 3.05) is 6.54 Å². The van der Waals surface area contributed by atoms with E-state index in [9.17, 15) is 9.18 Å². The highest BCUT2D eigenvalue weighted by molar-refractivity contribution is 7.13. The Kier molecular flexibility index (Phi) is 4.41. The SMILES string of the molecule is O=c1[nH]c(-c2cccs2)nc2c1CCN(Cc1c(F)cccc1Cl)C2. The van der Waals surface area contributed by atoms with Crippen LogP contribution >= 0.6 is 22.9 Å². The molecule has 1 aromatic carbocycles. The molecule has 0 aliphatic carbocycles. The third kappa shape index (κ3) is 3.25. The normalized spacial score (nSPS) is 14.5. The Labute approximate surface area is 152 Å². The predicted octanol–water partition coefficient (Wildman–Crippen LogP) is 3.85. The van der Waals surface area contributed by atoms with Crippen molar-refractivity contribution in [3.8, 4) is 10.7 Å². The summed E-state index contributed by atoms with van der Waals surface area (Å²) in [6.07, 6.45) is 0.592. The Morgan fingerprint density at radius 2 is 2.20 bits per heavy atom. The largest absolute Gasteiger partial charge is 0.306 e. The Hall–Kier alpha value is -2.02. The Bertz CT molecular complexity index is 951. The van der Waals surface area contributed by atoms with Crippen molar-refractivity contribution in [3.05, 3.63) is 73.7 Å². The first-order valence-corrected chi connectivity index (χ1v) is 9.19. The van der Waals surface area contributed by atoms with Crippen LogP contribution in [0.2, 0.25) is 5.02 Å². The van der Waals surface area contributed by atoms with Crippen LogP contribution in [-0.4, -0.2) is 21.4 Å². The molecule has 0 fully saturated rings. The number of nitrogens with one attached hydrogen (secondary N) is 1. The van der Waals surface area contributed by atoms with Crippen molar-refractivity contribution < 1.29 is 4.39 Å². The maximum absolute atomic E-state index is 14.0. The molecule has 0 saturated carbocycles. The quantitative estimate of drug-likeness (QED) is 0.756. The van der Waals surface area contributed by atoms with E-state index in [1.54, 1.807) is 12.1 Å². The summed E-state index contributed by atoms with van der Waals surface area (Å²) in [5.41, 5.74) is 1.87. The third-order valence-electron chi connectivity index (χ3n) is 4.35. The summed E-state index contributed by atoms with van der Waals surface area (Å²) in [5.74, 6) is 0.279. The van der Waals surface area contributed by atoms with Crippen LogP contribution in [0, 0.1) is 5.82 Å². The topological polar surface area (TPSA) is 49.0 Å². The molecule has 3 aromatic rings. The second kappa shape index (κ2) is 6.71. The second-order valence-electron chi connectivity index (χ2n) is 5.98. The minimum Gasteiger partial charge on any atom is -0.306 e. The first-order valence-electron chi connectivity index (χ1n) is 7.93. The van der Waals surface area contributed by atoms with E-state index < -0.39 is 0 Å². The van der Waals surface area contributed by atoms with Gasteiger partial charge in [-0.3, -0.25) is 9.69 Å². The van der Waals surface area contributed by atoms with Crippen molar-refractivity contribution in [2.45, 2.75) is 19.5 Å². The molecule has 0 spiro atoms. The molecule has 0 radical (unpaired) electrons. The monoisotopic (exact) mass is 375 g/mol. The van der Waals surface area contributed by atoms with Crippen molar-refractivity contribution in [2.24, 2.45) is 0 Å². The number of aromatic nitrogens is 2. The van der Waals surface area contributed by atoms with E-state index in [0.29, 0.717) is 42.5 Å². The lowest BCUT2D eigenvalue weighted by molar-refractivity contribution is 0.237. The van der Waals surface area contributed by atoms with Crippen molar-refractivity contribution in [1.29, 1.82) is 0 Å². The molecule has 3 heterocycles. The first kappa shape index (κ1) is 16.4. The molecule has 1 N–H and O–H groups in total. The minimum atomic E-state index is -0.309. The molecule has 1 aliphatic heterocycles. The van der Waals surface area contributed by atoms with Gasteiger partial charge in [-0.1, -0.05) is 23.7 Å². The lowest BCUT2D eigenvalue weighted by atomic mass is 10.1. The molecule has 0 atom stereocenters. The molecule has 0 bridgehead atoms. The maximum atomic E-state index is 14.0. The number of rotatable bonds is 3. The molecule has 128 valence electrons. The van der Waals surface area contributed by atoms with E-state index in [1.165, 1.54) is 17.4 Å². The molecule has 7 heteroatoms. The number of nitrogens with zero attached hydrogens (tertiary/aromatic N) is 2. The molecular weight excluding hydrogens is 361 g/mol. The standard InChI is InChI=1S/C18H15ClFN3OS/c19-13-3-1-4-14(20)12(13)9-23-7-6-11-15(10-23)21-17(22-18(11)24)16-5-2-8-25-16/h1-5,8H,6-7,9-10H2,(H,21,22,24). The van der Waals surface area contributed by atoms with E-state index in [4.69, 9.17) is 11.6 Å². The number of benzene rings is 1. The van der Waals surface area contributed by atoms with Crippen LogP contribution < -0.4 is 5.56 Å². The lowest BCUT2D eigenvalue weighted by Gasteiger charge is -2.28. The smallest absolute Gasteiger partial charge is 0.254 e. The summed E-state index contributed by atoms with van der Waals surface area (Å²) in [5, 5.41) is 2.37. The van der Waals surface area contributed by atoms with Gasteiger partial charge in [0, 0.05) is 35.8 Å². The molecule has 4 nitrogen and oxygen atoms in total. The number of hydrogen-bond acceptors (Lipinski definition) is 4. The average molecular weight is 376 g/mol. The molecule has 25 heavy (non-hydrogen) atoms. The van der Waals surface area contributed by atoms with Gasteiger partial charge in [-0.25, -0.2) is 9.37 Å². The van der Waals surface area contributed by atoms with Gasteiger partial charge in [-0.05, 0) is 30.0 Å². The van der Waals surface area contributed by atoms with Crippen LogP contribution in [0.15, 0.2) is 40.5 Å². The van der Waals surface area contributed by atoms with Crippen LogP contribution in [0.1, 0.15) is 16.8 Å². The van der Waals surface area contributed by atoms with Gasteiger partial charge in [-0.2, -0.15) is 0 Å². The lowest BCUT2D eigenvalue weighted by Crippen LogP contribution is -2.35. The van der Waals surface area contributed by atoms with Crippen LogP contribution in [-0.2, 0) is 19.5 Å². The number of fused-ring (bicyclic) bond motifs is 1. The van der Waals surface area contributed by atoms with Crippen LogP contribution in [0.5, 0.6) is 0 Å². The van der Waals surface area contributed by atoms with E-state index in [0.717, 1.165) is 16.1 Å². The Morgan fingerprint density at radius 3 is 2.96 bits per heavy atom. The summed E-state index contributed by atoms with van der Waals surface area (Å²) in [6.45, 7) is 1.57. The first-order chi connectivity index (χ1) is 12.1. The maximum Gasteiger partial charge on any atom is 0.254 e. The molecule has 2 aromatic heterocycles. The fourth-order valence-corrected chi connectivity index (χ4v) is 3.96. The second-order valence-corrected chi connectivity index (χ2v) is 7.33. The zero-order chi connectivity index (χ0) is 17.4. The van der Waals surface area contributed by atoms with Gasteiger partial charge in [0.05, 0.1) is 10.6 Å². The zero-order valence-corrected chi connectivity index (χ0v) is 14.8. The third-order valence-corrected chi connectivity index (χ3v) is 5.58. The fourth-order valence-electron chi connectivity index (χ4n) is 3.07.